The molecule has 1 fully saturated rings. The van der Waals surface area contributed by atoms with Crippen LogP contribution in [0.5, 0.6) is 5.75 Å². The van der Waals surface area contributed by atoms with Crippen LogP contribution in [0.3, 0.4) is 0 Å². The molecule has 2 aromatic rings. The Bertz CT molecular complexity index is 1010. The molecule has 2 aromatic carbocycles. The summed E-state index contributed by atoms with van der Waals surface area (Å²) in [6.45, 7) is 0. The third kappa shape index (κ3) is 6.05. The van der Waals surface area contributed by atoms with Crippen molar-refractivity contribution in [3.05, 3.63) is 62.5 Å². The van der Waals surface area contributed by atoms with Crippen molar-refractivity contribution >= 4 is 34.6 Å². The Morgan fingerprint density at radius 3 is 2.00 bits per heavy atom. The predicted molar refractivity (Wildman–Crippen MR) is 106 cm³/mol. The van der Waals surface area contributed by atoms with E-state index in [1.165, 1.54) is 6.07 Å². The van der Waals surface area contributed by atoms with Crippen LogP contribution in [0, 0.1) is 39.2 Å². The number of nitro benzene ring substituents is 1. The molecule has 0 amide bonds. The zero-order valence-electron chi connectivity index (χ0n) is 16.1. The molecule has 1 saturated carbocycles. The Hall–Kier alpha value is -1.58. The van der Waals surface area contributed by atoms with Gasteiger partial charge in [0.25, 0.3) is 5.69 Å². The Morgan fingerprint density at radius 1 is 1.00 bits per heavy atom. The number of phenolic OH excluding ortho intramolecular Hbond substituents is 1. The van der Waals surface area contributed by atoms with Crippen LogP contribution in [0.15, 0.2) is 17.1 Å². The molecule has 0 bridgehead atoms. The van der Waals surface area contributed by atoms with E-state index in [9.17, 15) is 37.2 Å². The number of aromatic hydroxyl groups is 1. The van der Waals surface area contributed by atoms with Crippen LogP contribution < -0.4 is 0 Å². The minimum absolute atomic E-state index is 0.148. The van der Waals surface area contributed by atoms with Crippen LogP contribution in [0.4, 0.5) is 33.3 Å². The van der Waals surface area contributed by atoms with Gasteiger partial charge in [0.05, 0.1) is 4.92 Å². The normalized spacial score (nSPS) is 14.2. The quantitative estimate of drug-likeness (QED) is 0.105. The van der Waals surface area contributed by atoms with Gasteiger partial charge in [0.2, 0.25) is 5.82 Å². The van der Waals surface area contributed by atoms with E-state index in [1.54, 1.807) is 0 Å². The molecule has 0 atom stereocenters. The molecule has 32 heavy (non-hydrogen) atoms. The van der Waals surface area contributed by atoms with Crippen molar-refractivity contribution in [1.82, 2.24) is 0 Å². The Morgan fingerprint density at radius 2 is 1.50 bits per heavy atom. The van der Waals surface area contributed by atoms with E-state index in [1.807, 2.05) is 0 Å². The summed E-state index contributed by atoms with van der Waals surface area (Å²) in [5.74, 6) is -11.5. The van der Waals surface area contributed by atoms with Gasteiger partial charge in [-0.2, -0.15) is 0 Å². The van der Waals surface area contributed by atoms with Crippen LogP contribution in [0.1, 0.15) is 49.1 Å². The molecule has 5 nitrogen and oxygen atoms in total. The van der Waals surface area contributed by atoms with Crippen LogP contribution in [0.25, 0.3) is 0 Å². The van der Waals surface area contributed by atoms with Gasteiger partial charge >= 0.3 is 37.9 Å². The SMILES string of the molecule is O=[N+]([O-])c1cc(C=Nc2c(F)c(F)c(F)c(F)c2F)c(O)c(C2CCCCC2)c1.[Cl][Zr][Cl]. The van der Waals surface area contributed by atoms with Crippen LogP contribution in [-0.2, 0) is 20.8 Å². The summed E-state index contributed by atoms with van der Waals surface area (Å²) in [5.41, 5.74) is -1.81. The third-order valence-electron chi connectivity index (χ3n) is 4.93. The zero-order chi connectivity index (χ0) is 24.0. The Kier molecular flexibility index (Phi) is 10.0. The number of hydrogen-bond donors (Lipinski definition) is 1. The van der Waals surface area contributed by atoms with E-state index in [4.69, 9.17) is 17.0 Å². The van der Waals surface area contributed by atoms with Gasteiger partial charge in [-0.15, -0.1) is 0 Å². The maximum absolute atomic E-state index is 13.8. The molecule has 1 aliphatic rings. The van der Waals surface area contributed by atoms with Crippen LogP contribution >= 0.6 is 17.0 Å². The summed E-state index contributed by atoms with van der Waals surface area (Å²) in [4.78, 5) is 13.8. The third-order valence-corrected chi connectivity index (χ3v) is 4.93. The molecule has 172 valence electrons. The first-order valence-electron chi connectivity index (χ1n) is 9.17. The number of rotatable bonds is 4. The maximum atomic E-state index is 13.8. The van der Waals surface area contributed by atoms with Gasteiger partial charge in [0, 0.05) is 29.5 Å². The fraction of sp³-hybridized carbons (Fsp3) is 0.316. The molecule has 13 heteroatoms. The molecule has 0 heterocycles. The summed E-state index contributed by atoms with van der Waals surface area (Å²) in [7, 11) is 9.87. The van der Waals surface area contributed by atoms with Gasteiger partial charge in [-0.3, -0.25) is 10.1 Å². The van der Waals surface area contributed by atoms with Crippen LogP contribution in [0.2, 0.25) is 0 Å². The van der Waals surface area contributed by atoms with Crippen molar-refractivity contribution in [3.63, 3.8) is 0 Å². The van der Waals surface area contributed by atoms with E-state index in [0.717, 1.165) is 25.3 Å². The summed E-state index contributed by atoms with van der Waals surface area (Å²) >= 11 is -0.826. The van der Waals surface area contributed by atoms with Crippen molar-refractivity contribution in [3.8, 4) is 5.75 Å². The van der Waals surface area contributed by atoms with Crippen molar-refractivity contribution in [1.29, 1.82) is 0 Å². The Labute approximate surface area is 198 Å². The van der Waals surface area contributed by atoms with E-state index in [2.05, 4.69) is 4.99 Å². The van der Waals surface area contributed by atoms with Crippen LogP contribution in [-0.4, -0.2) is 16.2 Å². The molecule has 0 saturated heterocycles. The molecular formula is C19H15Cl2F5N2O3Zr. The Balaban J connectivity index is 0.00000114. The molecule has 0 spiro atoms. The monoisotopic (exact) mass is 574 g/mol. The summed E-state index contributed by atoms with van der Waals surface area (Å²) in [6, 6.07) is 2.14. The molecule has 0 unspecified atom stereocenters. The fourth-order valence-corrected chi connectivity index (χ4v) is 3.43. The van der Waals surface area contributed by atoms with Gasteiger partial charge in [-0.05, 0) is 18.8 Å². The van der Waals surface area contributed by atoms with Gasteiger partial charge in [0.15, 0.2) is 23.3 Å². The fourth-order valence-electron chi connectivity index (χ4n) is 3.43. The number of aliphatic imine (C=N–C) groups is 1. The van der Waals surface area contributed by atoms with Crippen molar-refractivity contribution in [2.45, 2.75) is 38.0 Å². The van der Waals surface area contributed by atoms with Gasteiger partial charge in [-0.1, -0.05) is 19.3 Å². The summed E-state index contributed by atoms with van der Waals surface area (Å²) in [6.07, 6.45) is 4.79. The number of benzene rings is 2. The number of hydrogen-bond acceptors (Lipinski definition) is 4. The summed E-state index contributed by atoms with van der Waals surface area (Å²) < 4.78 is 67.3. The second kappa shape index (κ2) is 12.0. The van der Waals surface area contributed by atoms with Gasteiger partial charge in [0.1, 0.15) is 11.4 Å². The van der Waals surface area contributed by atoms with E-state index in [-0.39, 0.29) is 28.5 Å². The molecule has 0 aliphatic heterocycles. The minimum atomic E-state index is -2.32. The van der Waals surface area contributed by atoms with E-state index < -0.39 is 60.5 Å². The topological polar surface area (TPSA) is 75.7 Å². The number of halogens is 7. The van der Waals surface area contributed by atoms with E-state index in [0.29, 0.717) is 19.1 Å². The molecule has 3 rings (SSSR count). The number of non-ortho nitro benzene ring substituents is 1. The standard InChI is InChI=1S/C19H15F5N2O3.2ClH.Zr/c20-13-14(21)16(23)18(17(24)15(13)22)25-8-10-6-11(26(28)29)7-12(19(10)27)9-4-2-1-3-5-9;;;/h6-9,27H,1-5H2;2*1H;/q;;;+2/p-2. The average Bonchev–Trinajstić information content (AvgIpc) is 2.78. The average molecular weight is 576 g/mol. The summed E-state index contributed by atoms with van der Waals surface area (Å²) in [5, 5.41) is 21.7. The number of nitro groups is 1. The molecule has 1 N–H and O–H groups in total. The van der Waals surface area contributed by atoms with Crippen molar-refractivity contribution in [2.75, 3.05) is 0 Å². The van der Waals surface area contributed by atoms with Crippen molar-refractivity contribution < 1.29 is 52.8 Å². The first kappa shape index (κ1) is 26.7. The zero-order valence-corrected chi connectivity index (χ0v) is 20.1. The van der Waals surface area contributed by atoms with Gasteiger partial charge < -0.3 is 5.11 Å². The second-order valence-corrected chi connectivity index (χ2v) is 10.5. The molecule has 0 radical (unpaired) electrons. The van der Waals surface area contributed by atoms with Gasteiger partial charge in [-0.25, -0.2) is 26.9 Å². The second-order valence-electron chi connectivity index (χ2n) is 6.81. The number of nitrogens with zero attached hydrogens (tertiary/aromatic N) is 2. The first-order chi connectivity index (χ1) is 15.1. The first-order valence-corrected chi connectivity index (χ1v) is 15.5. The molecular weight excluding hydrogens is 561 g/mol. The molecule has 1 aliphatic carbocycles. The van der Waals surface area contributed by atoms with E-state index >= 15 is 0 Å². The van der Waals surface area contributed by atoms with Crippen molar-refractivity contribution in [2.24, 2.45) is 4.99 Å². The number of phenols is 1. The molecule has 0 aromatic heterocycles. The predicted octanol–water partition coefficient (Wildman–Crippen LogP) is 7.17.